The van der Waals surface area contributed by atoms with Crippen LogP contribution < -0.4 is 11.1 Å². The largest absolute Gasteiger partial charge is 0.384 e. The molecule has 6 nitrogen and oxygen atoms in total. The van der Waals surface area contributed by atoms with E-state index in [9.17, 15) is 4.79 Å². The summed E-state index contributed by atoms with van der Waals surface area (Å²) >= 11 is 6.05. The zero-order valence-electron chi connectivity index (χ0n) is 17.5. The first-order chi connectivity index (χ1) is 14.9. The Morgan fingerprint density at radius 2 is 2.10 bits per heavy atom. The van der Waals surface area contributed by atoms with Crippen LogP contribution in [-0.4, -0.2) is 22.6 Å². The van der Waals surface area contributed by atoms with Crippen molar-refractivity contribution in [2.75, 3.05) is 5.73 Å². The van der Waals surface area contributed by atoms with E-state index in [1.807, 2.05) is 44.2 Å². The predicted molar refractivity (Wildman–Crippen MR) is 127 cm³/mol. The minimum Gasteiger partial charge on any atom is -0.384 e. The molecular weight excluding hydrogens is 410 g/mol. The number of allylic oxidation sites excluding steroid dienone is 2. The zero-order valence-corrected chi connectivity index (χ0v) is 18.3. The number of nitrogens with one attached hydrogen (secondary N) is 1. The highest BCUT2D eigenvalue weighted by Gasteiger charge is 2.10. The molecule has 1 aromatic carbocycles. The molecule has 31 heavy (non-hydrogen) atoms. The average molecular weight is 434 g/mol. The lowest BCUT2D eigenvalue weighted by Crippen LogP contribution is -2.24. The molecule has 0 saturated carbocycles. The van der Waals surface area contributed by atoms with Gasteiger partial charge in [0.05, 0.1) is 10.5 Å². The van der Waals surface area contributed by atoms with Gasteiger partial charge in [-0.1, -0.05) is 29.8 Å². The molecule has 3 aromatic rings. The number of pyridine rings is 2. The van der Waals surface area contributed by atoms with Crippen molar-refractivity contribution >= 4 is 40.9 Å². The van der Waals surface area contributed by atoms with Crippen molar-refractivity contribution in [1.82, 2.24) is 15.3 Å². The second-order valence-electron chi connectivity index (χ2n) is 7.06. The molecule has 158 valence electrons. The number of amides is 1. The minimum atomic E-state index is -0.200. The highest BCUT2D eigenvalue weighted by atomic mass is 35.5. The zero-order chi connectivity index (χ0) is 22.4. The number of nitrogens with two attached hydrogens (primary N) is 1. The van der Waals surface area contributed by atoms with Crippen LogP contribution in [0, 0.1) is 6.92 Å². The number of aryl methyl sites for hydroxylation is 1. The third-order valence-electron chi connectivity index (χ3n) is 4.85. The summed E-state index contributed by atoms with van der Waals surface area (Å²) in [5.74, 6) is 0.257. The molecular formula is C24H24ClN5O. The fourth-order valence-electron chi connectivity index (χ4n) is 3.16. The van der Waals surface area contributed by atoms with Crippen molar-refractivity contribution in [3.63, 3.8) is 0 Å². The Morgan fingerprint density at radius 3 is 2.81 bits per heavy atom. The molecule has 1 amide bonds. The SMILES string of the molecule is C=N/C(=C\C(=C/C)C(=O)NCc1ccc(N)nc1C)Cc1ccc2ncc(Cl)cc2c1. The average Bonchev–Trinajstić information content (AvgIpc) is 2.75. The van der Waals surface area contributed by atoms with E-state index in [-0.39, 0.29) is 5.91 Å². The van der Waals surface area contributed by atoms with Crippen molar-refractivity contribution in [3.8, 4) is 0 Å². The molecule has 3 N–H and O–H groups in total. The predicted octanol–water partition coefficient (Wildman–Crippen LogP) is 4.56. The maximum atomic E-state index is 12.7. The maximum absolute atomic E-state index is 12.7. The monoisotopic (exact) mass is 433 g/mol. The van der Waals surface area contributed by atoms with E-state index in [0.29, 0.717) is 35.1 Å². The molecule has 0 unspecified atom stereocenters. The first kappa shape index (κ1) is 22.2. The number of aliphatic imine (C=N–C) groups is 1. The molecule has 0 bridgehead atoms. The fraction of sp³-hybridized carbons (Fsp3) is 0.167. The molecule has 2 heterocycles. The second-order valence-corrected chi connectivity index (χ2v) is 7.49. The van der Waals surface area contributed by atoms with Crippen LogP contribution in [0.5, 0.6) is 0 Å². The summed E-state index contributed by atoms with van der Waals surface area (Å²) in [4.78, 5) is 25.3. The standard InChI is InChI=1S/C24H24ClN5O/c1-4-17(24(31)29-13-18-6-8-23(26)30-15(18)2)12-21(27-3)10-16-5-7-22-19(9-16)11-20(25)14-28-22/h4-9,11-12,14H,3,10,13H2,1-2H3,(H2,26,30)(H,29,31)/b17-4+,21-12-. The van der Waals surface area contributed by atoms with Gasteiger partial charge in [-0.05, 0) is 62.0 Å². The number of hydrogen-bond acceptors (Lipinski definition) is 5. The number of carbonyl (C=O) groups excluding carboxylic acids is 1. The number of carbonyl (C=O) groups is 1. The van der Waals surface area contributed by atoms with E-state index in [0.717, 1.165) is 27.7 Å². The van der Waals surface area contributed by atoms with E-state index in [1.54, 1.807) is 24.4 Å². The van der Waals surface area contributed by atoms with Crippen LogP contribution in [0.25, 0.3) is 10.9 Å². The molecule has 0 saturated heterocycles. The Morgan fingerprint density at radius 1 is 1.29 bits per heavy atom. The maximum Gasteiger partial charge on any atom is 0.251 e. The molecule has 0 atom stereocenters. The van der Waals surface area contributed by atoms with E-state index < -0.39 is 0 Å². The summed E-state index contributed by atoms with van der Waals surface area (Å²) in [5, 5.41) is 4.45. The van der Waals surface area contributed by atoms with Gasteiger partial charge in [-0.2, -0.15) is 0 Å². The Kier molecular flexibility index (Phi) is 7.15. The normalized spacial score (nSPS) is 12.1. The Hall–Kier alpha value is -3.51. The molecule has 0 aliphatic carbocycles. The molecule has 2 aromatic heterocycles. The van der Waals surface area contributed by atoms with Crippen LogP contribution >= 0.6 is 11.6 Å². The number of halogens is 1. The Balaban J connectivity index is 1.73. The molecule has 0 aliphatic heterocycles. The van der Waals surface area contributed by atoms with Crippen LogP contribution in [0.4, 0.5) is 5.82 Å². The fourth-order valence-corrected chi connectivity index (χ4v) is 3.33. The van der Waals surface area contributed by atoms with Crippen molar-refractivity contribution in [2.24, 2.45) is 4.99 Å². The highest BCUT2D eigenvalue weighted by Crippen LogP contribution is 2.20. The van der Waals surface area contributed by atoms with Gasteiger partial charge in [-0.3, -0.25) is 14.8 Å². The van der Waals surface area contributed by atoms with Gasteiger partial charge in [0.1, 0.15) is 5.82 Å². The lowest BCUT2D eigenvalue weighted by Gasteiger charge is -2.10. The van der Waals surface area contributed by atoms with E-state index >= 15 is 0 Å². The molecule has 0 aliphatic rings. The number of anilines is 1. The summed E-state index contributed by atoms with van der Waals surface area (Å²) in [6.45, 7) is 7.70. The summed E-state index contributed by atoms with van der Waals surface area (Å²) in [5.41, 5.74) is 10.5. The molecule has 3 rings (SSSR count). The highest BCUT2D eigenvalue weighted by molar-refractivity contribution is 6.31. The molecule has 0 spiro atoms. The topological polar surface area (TPSA) is 93.3 Å². The van der Waals surface area contributed by atoms with Crippen molar-refractivity contribution in [1.29, 1.82) is 0 Å². The number of aromatic nitrogens is 2. The third-order valence-corrected chi connectivity index (χ3v) is 5.06. The van der Waals surface area contributed by atoms with E-state index in [2.05, 4.69) is 27.0 Å². The molecule has 7 heteroatoms. The minimum absolute atomic E-state index is 0.200. The van der Waals surface area contributed by atoms with Gasteiger partial charge in [0, 0.05) is 41.5 Å². The smallest absolute Gasteiger partial charge is 0.251 e. The third kappa shape index (κ3) is 5.77. The van der Waals surface area contributed by atoms with Crippen molar-refractivity contribution in [2.45, 2.75) is 26.8 Å². The van der Waals surface area contributed by atoms with Gasteiger partial charge < -0.3 is 11.1 Å². The van der Waals surface area contributed by atoms with Crippen LogP contribution in [0.15, 0.2) is 71.0 Å². The summed E-state index contributed by atoms with van der Waals surface area (Å²) in [6, 6.07) is 11.4. The Bertz CT molecular complexity index is 1200. The first-order valence-electron chi connectivity index (χ1n) is 9.77. The van der Waals surface area contributed by atoms with Crippen molar-refractivity contribution < 1.29 is 4.79 Å². The molecule has 0 radical (unpaired) electrons. The van der Waals surface area contributed by atoms with Crippen LogP contribution in [-0.2, 0) is 17.8 Å². The summed E-state index contributed by atoms with van der Waals surface area (Å²) in [6.07, 6.45) is 5.64. The number of nitrogen functional groups attached to an aromatic ring is 1. The van der Waals surface area contributed by atoms with E-state index in [4.69, 9.17) is 17.3 Å². The van der Waals surface area contributed by atoms with Crippen LogP contribution in [0.3, 0.4) is 0 Å². The first-order valence-corrected chi connectivity index (χ1v) is 10.2. The lowest BCUT2D eigenvalue weighted by atomic mass is 10.0. The number of rotatable bonds is 7. The number of nitrogens with zero attached hydrogens (tertiary/aromatic N) is 3. The summed E-state index contributed by atoms with van der Waals surface area (Å²) in [7, 11) is 0. The van der Waals surface area contributed by atoms with Gasteiger partial charge in [0.25, 0.3) is 5.91 Å². The number of fused-ring (bicyclic) bond motifs is 1. The quantitative estimate of drug-likeness (QED) is 0.324. The van der Waals surface area contributed by atoms with Crippen LogP contribution in [0.2, 0.25) is 5.02 Å². The number of benzene rings is 1. The van der Waals surface area contributed by atoms with Crippen molar-refractivity contribution in [3.05, 3.63) is 87.9 Å². The molecule has 0 fully saturated rings. The van der Waals surface area contributed by atoms with Gasteiger partial charge in [-0.15, -0.1) is 0 Å². The number of hydrogen-bond donors (Lipinski definition) is 2. The van der Waals surface area contributed by atoms with Crippen LogP contribution in [0.1, 0.15) is 23.7 Å². The second kappa shape index (κ2) is 10.00. The van der Waals surface area contributed by atoms with E-state index in [1.165, 1.54) is 0 Å². The Labute approximate surface area is 186 Å². The van der Waals surface area contributed by atoms with Gasteiger partial charge in [0.15, 0.2) is 0 Å². The van der Waals surface area contributed by atoms with Gasteiger partial charge in [-0.25, -0.2) is 4.98 Å². The van der Waals surface area contributed by atoms with Gasteiger partial charge in [0.2, 0.25) is 0 Å². The lowest BCUT2D eigenvalue weighted by molar-refractivity contribution is -0.117. The summed E-state index contributed by atoms with van der Waals surface area (Å²) < 4.78 is 0. The van der Waals surface area contributed by atoms with Gasteiger partial charge >= 0.3 is 0 Å².